The van der Waals surface area contributed by atoms with Crippen LogP contribution in [0.15, 0.2) is 30.3 Å². The van der Waals surface area contributed by atoms with E-state index >= 15 is 0 Å². The van der Waals surface area contributed by atoms with Gasteiger partial charge in [0.1, 0.15) is 6.10 Å². The Kier molecular flexibility index (Phi) is 7.72. The highest BCUT2D eigenvalue weighted by molar-refractivity contribution is 5.85. The Morgan fingerprint density at radius 3 is 2.62 bits per heavy atom. The highest BCUT2D eigenvalue weighted by Gasteiger charge is 2.32. The highest BCUT2D eigenvalue weighted by Crippen LogP contribution is 2.20. The van der Waals surface area contributed by atoms with Crippen molar-refractivity contribution in [2.45, 2.75) is 38.4 Å². The summed E-state index contributed by atoms with van der Waals surface area (Å²) in [5, 5.41) is 0. The van der Waals surface area contributed by atoms with E-state index in [1.807, 2.05) is 30.0 Å². The van der Waals surface area contributed by atoms with Gasteiger partial charge in [-0.3, -0.25) is 4.79 Å². The molecule has 1 aliphatic heterocycles. The standard InChI is InChI=1S/C16H24N2O2.ClH/c1-2-18(11-10-13-6-4-3-5-7-13)16(19)15-9-8-14(12-17)20-15;/h3-7,14-15H,2,8-12,17H2,1H3;1H/t14-,15+;/m1./s1. The van der Waals surface area contributed by atoms with Crippen LogP contribution in [-0.4, -0.2) is 42.6 Å². The van der Waals surface area contributed by atoms with E-state index in [-0.39, 0.29) is 30.5 Å². The van der Waals surface area contributed by atoms with Gasteiger partial charge < -0.3 is 15.4 Å². The number of hydrogen-bond acceptors (Lipinski definition) is 3. The molecule has 0 radical (unpaired) electrons. The van der Waals surface area contributed by atoms with Gasteiger partial charge in [0.05, 0.1) is 6.10 Å². The van der Waals surface area contributed by atoms with Crippen molar-refractivity contribution in [2.75, 3.05) is 19.6 Å². The van der Waals surface area contributed by atoms with E-state index in [9.17, 15) is 4.79 Å². The minimum absolute atomic E-state index is 0. The lowest BCUT2D eigenvalue weighted by Gasteiger charge is -2.24. The number of rotatable bonds is 6. The van der Waals surface area contributed by atoms with E-state index in [4.69, 9.17) is 10.5 Å². The fourth-order valence-electron chi connectivity index (χ4n) is 2.60. The van der Waals surface area contributed by atoms with Crippen molar-refractivity contribution in [3.05, 3.63) is 35.9 Å². The third-order valence-corrected chi connectivity index (χ3v) is 3.85. The Labute approximate surface area is 133 Å². The number of nitrogens with zero attached hydrogens (tertiary/aromatic N) is 1. The van der Waals surface area contributed by atoms with Gasteiger partial charge in [0.2, 0.25) is 0 Å². The van der Waals surface area contributed by atoms with Crippen LogP contribution in [0.25, 0.3) is 0 Å². The summed E-state index contributed by atoms with van der Waals surface area (Å²) in [7, 11) is 0. The smallest absolute Gasteiger partial charge is 0.251 e. The molecule has 1 aliphatic rings. The quantitative estimate of drug-likeness (QED) is 0.874. The molecule has 0 aromatic heterocycles. The van der Waals surface area contributed by atoms with E-state index in [0.717, 1.165) is 32.4 Å². The average Bonchev–Trinajstić information content (AvgIpc) is 2.97. The van der Waals surface area contributed by atoms with Crippen LogP contribution in [0.3, 0.4) is 0 Å². The van der Waals surface area contributed by atoms with Crippen LogP contribution in [0.2, 0.25) is 0 Å². The van der Waals surface area contributed by atoms with E-state index in [0.29, 0.717) is 6.54 Å². The lowest BCUT2D eigenvalue weighted by Crippen LogP contribution is -2.40. The number of halogens is 1. The molecule has 2 atom stereocenters. The first-order chi connectivity index (χ1) is 9.74. The van der Waals surface area contributed by atoms with Gasteiger partial charge in [-0.2, -0.15) is 0 Å². The largest absolute Gasteiger partial charge is 0.364 e. The molecule has 1 heterocycles. The summed E-state index contributed by atoms with van der Waals surface area (Å²) >= 11 is 0. The van der Waals surface area contributed by atoms with Crippen molar-refractivity contribution in [1.29, 1.82) is 0 Å². The summed E-state index contributed by atoms with van der Waals surface area (Å²) in [6.45, 7) is 3.98. The zero-order chi connectivity index (χ0) is 14.4. The molecule has 1 fully saturated rings. The van der Waals surface area contributed by atoms with Gasteiger partial charge in [0, 0.05) is 19.6 Å². The van der Waals surface area contributed by atoms with Crippen LogP contribution >= 0.6 is 12.4 Å². The van der Waals surface area contributed by atoms with Gasteiger partial charge in [-0.1, -0.05) is 30.3 Å². The molecule has 5 heteroatoms. The van der Waals surface area contributed by atoms with E-state index in [1.165, 1.54) is 5.56 Å². The molecule has 0 saturated carbocycles. The van der Waals surface area contributed by atoms with Gasteiger partial charge in [0.15, 0.2) is 0 Å². The lowest BCUT2D eigenvalue weighted by molar-refractivity contribution is -0.142. The Bertz CT molecular complexity index is 428. The molecule has 1 saturated heterocycles. The van der Waals surface area contributed by atoms with Gasteiger partial charge >= 0.3 is 0 Å². The first-order valence-corrected chi connectivity index (χ1v) is 7.42. The van der Waals surface area contributed by atoms with E-state index in [1.54, 1.807) is 0 Å². The molecule has 1 aromatic carbocycles. The molecular formula is C16H25ClN2O2. The summed E-state index contributed by atoms with van der Waals surface area (Å²) in [6, 6.07) is 10.2. The summed E-state index contributed by atoms with van der Waals surface area (Å²) in [5.74, 6) is 0.111. The molecule has 0 unspecified atom stereocenters. The number of carbonyl (C=O) groups excluding carboxylic acids is 1. The van der Waals surface area contributed by atoms with E-state index in [2.05, 4.69) is 12.1 Å². The van der Waals surface area contributed by atoms with Crippen molar-refractivity contribution in [1.82, 2.24) is 4.90 Å². The molecule has 1 aromatic rings. The van der Waals surface area contributed by atoms with Crippen molar-refractivity contribution < 1.29 is 9.53 Å². The Morgan fingerprint density at radius 2 is 2.05 bits per heavy atom. The molecule has 0 spiro atoms. The molecule has 0 bridgehead atoms. The predicted octanol–water partition coefficient (Wildman–Crippen LogP) is 2.01. The van der Waals surface area contributed by atoms with Gasteiger partial charge in [0.25, 0.3) is 5.91 Å². The first-order valence-electron chi connectivity index (χ1n) is 7.42. The van der Waals surface area contributed by atoms with Crippen molar-refractivity contribution in [3.8, 4) is 0 Å². The fraction of sp³-hybridized carbons (Fsp3) is 0.562. The third kappa shape index (κ3) is 4.99. The third-order valence-electron chi connectivity index (χ3n) is 3.85. The predicted molar refractivity (Wildman–Crippen MR) is 86.6 cm³/mol. The zero-order valence-corrected chi connectivity index (χ0v) is 13.3. The van der Waals surface area contributed by atoms with Crippen molar-refractivity contribution in [2.24, 2.45) is 5.73 Å². The second-order valence-electron chi connectivity index (χ2n) is 5.21. The van der Waals surface area contributed by atoms with Crippen molar-refractivity contribution in [3.63, 3.8) is 0 Å². The van der Waals surface area contributed by atoms with Gasteiger partial charge in [-0.15, -0.1) is 12.4 Å². The number of hydrogen-bond donors (Lipinski definition) is 1. The second kappa shape index (κ2) is 9.03. The number of likely N-dealkylation sites (N-methyl/N-ethyl adjacent to an activating group) is 1. The number of amides is 1. The molecule has 118 valence electrons. The molecule has 2 N–H and O–H groups in total. The van der Waals surface area contributed by atoms with Crippen LogP contribution in [0.5, 0.6) is 0 Å². The Hall–Kier alpha value is -1.10. The summed E-state index contributed by atoms with van der Waals surface area (Å²) in [5.41, 5.74) is 6.85. The molecule has 21 heavy (non-hydrogen) atoms. The minimum atomic E-state index is -0.292. The number of ether oxygens (including phenoxy) is 1. The van der Waals surface area contributed by atoms with Crippen LogP contribution in [-0.2, 0) is 16.0 Å². The normalized spacial score (nSPS) is 20.9. The first kappa shape index (κ1) is 18.0. The Balaban J connectivity index is 0.00000220. The fourth-order valence-corrected chi connectivity index (χ4v) is 2.60. The van der Waals surface area contributed by atoms with Gasteiger partial charge in [-0.05, 0) is 31.7 Å². The topological polar surface area (TPSA) is 55.6 Å². The van der Waals surface area contributed by atoms with Crippen LogP contribution in [0.1, 0.15) is 25.3 Å². The van der Waals surface area contributed by atoms with Crippen molar-refractivity contribution >= 4 is 18.3 Å². The molecule has 1 amide bonds. The number of benzene rings is 1. The maximum atomic E-state index is 12.4. The molecule has 4 nitrogen and oxygen atoms in total. The highest BCUT2D eigenvalue weighted by atomic mass is 35.5. The monoisotopic (exact) mass is 312 g/mol. The van der Waals surface area contributed by atoms with Crippen LogP contribution < -0.4 is 5.73 Å². The van der Waals surface area contributed by atoms with Gasteiger partial charge in [-0.25, -0.2) is 0 Å². The van der Waals surface area contributed by atoms with E-state index < -0.39 is 0 Å². The second-order valence-corrected chi connectivity index (χ2v) is 5.21. The zero-order valence-electron chi connectivity index (χ0n) is 12.5. The Morgan fingerprint density at radius 1 is 1.33 bits per heavy atom. The molecule has 2 rings (SSSR count). The minimum Gasteiger partial charge on any atom is -0.364 e. The lowest BCUT2D eigenvalue weighted by atomic mass is 10.1. The maximum absolute atomic E-state index is 12.4. The number of nitrogens with two attached hydrogens (primary N) is 1. The number of carbonyl (C=O) groups is 1. The summed E-state index contributed by atoms with van der Waals surface area (Å²) in [4.78, 5) is 14.3. The summed E-state index contributed by atoms with van der Waals surface area (Å²) in [6.07, 6.45) is 2.33. The SMILES string of the molecule is CCN(CCc1ccccc1)C(=O)[C@@H]1CC[C@H](CN)O1.Cl. The van der Waals surface area contributed by atoms with Crippen LogP contribution in [0.4, 0.5) is 0 Å². The van der Waals surface area contributed by atoms with Crippen LogP contribution in [0, 0.1) is 0 Å². The maximum Gasteiger partial charge on any atom is 0.251 e. The molecular weight excluding hydrogens is 288 g/mol. The molecule has 0 aliphatic carbocycles. The summed E-state index contributed by atoms with van der Waals surface area (Å²) < 4.78 is 5.69. The average molecular weight is 313 g/mol.